The Hall–Kier alpha value is -2.28. The maximum atomic E-state index is 13.6. The molecule has 1 amide bonds. The first kappa shape index (κ1) is 17.1. The van der Waals surface area contributed by atoms with E-state index in [1.54, 1.807) is 25.1 Å². The van der Waals surface area contributed by atoms with Crippen molar-refractivity contribution < 1.29 is 19.1 Å². The molecule has 0 bridgehead atoms. The number of aromatic nitrogens is 1. The van der Waals surface area contributed by atoms with E-state index in [0.29, 0.717) is 23.5 Å². The maximum absolute atomic E-state index is 13.6. The van der Waals surface area contributed by atoms with Gasteiger partial charge in [-0.15, -0.1) is 11.3 Å². The summed E-state index contributed by atoms with van der Waals surface area (Å²) in [5, 5.41) is 13.7. The second-order valence-electron chi connectivity index (χ2n) is 5.16. The van der Waals surface area contributed by atoms with E-state index in [9.17, 15) is 14.0 Å². The van der Waals surface area contributed by atoms with Crippen LogP contribution >= 0.6 is 11.3 Å². The molecule has 2 aromatic rings. The van der Waals surface area contributed by atoms with Gasteiger partial charge in [-0.1, -0.05) is 25.1 Å². The van der Waals surface area contributed by atoms with Crippen molar-refractivity contribution in [2.75, 3.05) is 6.54 Å². The lowest BCUT2D eigenvalue weighted by Gasteiger charge is -2.12. The first-order valence-corrected chi connectivity index (χ1v) is 8.04. The third kappa shape index (κ3) is 4.85. The number of carbonyl (C=O) groups excluding carboxylic acids is 1. The number of rotatable bonds is 7. The number of aromatic carboxylic acids is 1. The van der Waals surface area contributed by atoms with Crippen molar-refractivity contribution in [1.82, 2.24) is 10.3 Å². The van der Waals surface area contributed by atoms with Crippen molar-refractivity contribution in [3.05, 3.63) is 51.7 Å². The molecule has 23 heavy (non-hydrogen) atoms. The van der Waals surface area contributed by atoms with Gasteiger partial charge in [0.25, 0.3) is 0 Å². The molecule has 122 valence electrons. The van der Waals surface area contributed by atoms with Gasteiger partial charge in [-0.3, -0.25) is 4.79 Å². The molecule has 1 unspecified atom stereocenters. The highest BCUT2D eigenvalue weighted by molar-refractivity contribution is 7.09. The Morgan fingerprint density at radius 2 is 2.13 bits per heavy atom. The Morgan fingerprint density at radius 3 is 2.78 bits per heavy atom. The summed E-state index contributed by atoms with van der Waals surface area (Å²) < 4.78 is 13.6. The van der Waals surface area contributed by atoms with Gasteiger partial charge in [-0.2, -0.15) is 0 Å². The van der Waals surface area contributed by atoms with Gasteiger partial charge in [-0.25, -0.2) is 14.2 Å². The normalized spacial score (nSPS) is 11.9. The summed E-state index contributed by atoms with van der Waals surface area (Å²) in [6, 6.07) is 6.42. The largest absolute Gasteiger partial charge is 0.476 e. The first-order valence-electron chi connectivity index (χ1n) is 7.16. The Kier molecular flexibility index (Phi) is 5.81. The highest BCUT2D eigenvalue weighted by Gasteiger charge is 2.14. The highest BCUT2D eigenvalue weighted by atomic mass is 32.1. The molecule has 0 aliphatic rings. The van der Waals surface area contributed by atoms with E-state index in [1.165, 1.54) is 22.8 Å². The van der Waals surface area contributed by atoms with Crippen LogP contribution in [0.5, 0.6) is 0 Å². The molecular formula is C16H17FN2O3S. The molecular weight excluding hydrogens is 319 g/mol. The van der Waals surface area contributed by atoms with Crippen molar-refractivity contribution in [2.24, 2.45) is 0 Å². The second kappa shape index (κ2) is 7.82. The molecule has 2 rings (SSSR count). The average molecular weight is 336 g/mol. The number of nitrogens with one attached hydrogen (secondary N) is 1. The highest BCUT2D eigenvalue weighted by Crippen LogP contribution is 2.21. The van der Waals surface area contributed by atoms with E-state index in [4.69, 9.17) is 5.11 Å². The van der Waals surface area contributed by atoms with Crippen molar-refractivity contribution in [1.29, 1.82) is 0 Å². The zero-order valence-electron chi connectivity index (χ0n) is 12.6. The van der Waals surface area contributed by atoms with Crippen LogP contribution in [0.4, 0.5) is 4.39 Å². The number of amides is 1. The Morgan fingerprint density at radius 1 is 1.39 bits per heavy atom. The van der Waals surface area contributed by atoms with E-state index in [2.05, 4.69) is 10.3 Å². The van der Waals surface area contributed by atoms with Crippen LogP contribution < -0.4 is 5.32 Å². The minimum absolute atomic E-state index is 0.0181. The van der Waals surface area contributed by atoms with E-state index in [-0.39, 0.29) is 29.8 Å². The number of hydrogen-bond donors (Lipinski definition) is 2. The number of carboxylic acids is 1. The summed E-state index contributed by atoms with van der Waals surface area (Å²) in [7, 11) is 0. The zero-order chi connectivity index (χ0) is 16.8. The Bertz CT molecular complexity index is 702. The molecule has 1 heterocycles. The monoisotopic (exact) mass is 336 g/mol. The lowest BCUT2D eigenvalue weighted by atomic mass is 9.97. The van der Waals surface area contributed by atoms with Crippen LogP contribution in [0.3, 0.4) is 0 Å². The fraction of sp³-hybridized carbons (Fsp3) is 0.312. The number of thiazole rings is 1. The molecule has 0 spiro atoms. The van der Waals surface area contributed by atoms with Crippen molar-refractivity contribution in [3.63, 3.8) is 0 Å². The van der Waals surface area contributed by atoms with E-state index >= 15 is 0 Å². The van der Waals surface area contributed by atoms with Crippen LogP contribution in [-0.2, 0) is 11.2 Å². The summed E-state index contributed by atoms with van der Waals surface area (Å²) >= 11 is 1.25. The summed E-state index contributed by atoms with van der Waals surface area (Å²) in [4.78, 5) is 26.6. The topological polar surface area (TPSA) is 79.3 Å². The summed E-state index contributed by atoms with van der Waals surface area (Å²) in [5.41, 5.74) is 0.540. The molecule has 0 saturated carbocycles. The zero-order valence-corrected chi connectivity index (χ0v) is 13.4. The van der Waals surface area contributed by atoms with Crippen LogP contribution in [-0.4, -0.2) is 28.5 Å². The molecule has 0 aliphatic heterocycles. The van der Waals surface area contributed by atoms with Crippen LogP contribution in [0.15, 0.2) is 29.6 Å². The molecule has 1 aromatic carbocycles. The van der Waals surface area contributed by atoms with Gasteiger partial charge in [0.05, 0.1) is 5.01 Å². The van der Waals surface area contributed by atoms with Gasteiger partial charge < -0.3 is 10.4 Å². The number of nitrogens with zero attached hydrogens (tertiary/aromatic N) is 1. The van der Waals surface area contributed by atoms with Gasteiger partial charge in [-0.05, 0) is 17.5 Å². The summed E-state index contributed by atoms with van der Waals surface area (Å²) in [5.74, 6) is -1.75. The van der Waals surface area contributed by atoms with Crippen molar-refractivity contribution in [3.8, 4) is 0 Å². The van der Waals surface area contributed by atoms with E-state index in [0.717, 1.165) is 0 Å². The number of benzene rings is 1. The lowest BCUT2D eigenvalue weighted by Crippen LogP contribution is -2.26. The molecule has 2 N–H and O–H groups in total. The van der Waals surface area contributed by atoms with Gasteiger partial charge in [0, 0.05) is 24.8 Å². The van der Waals surface area contributed by atoms with Crippen LogP contribution in [0.25, 0.3) is 0 Å². The van der Waals surface area contributed by atoms with Crippen LogP contribution in [0.1, 0.15) is 40.3 Å². The maximum Gasteiger partial charge on any atom is 0.355 e. The van der Waals surface area contributed by atoms with Gasteiger partial charge >= 0.3 is 5.97 Å². The minimum atomic E-state index is -1.06. The molecule has 0 saturated heterocycles. The van der Waals surface area contributed by atoms with E-state index in [1.807, 2.05) is 0 Å². The third-order valence-corrected chi connectivity index (χ3v) is 4.27. The van der Waals surface area contributed by atoms with Crippen molar-refractivity contribution >= 4 is 23.2 Å². The van der Waals surface area contributed by atoms with Crippen LogP contribution in [0.2, 0.25) is 0 Å². The Labute approximate surface area is 137 Å². The van der Waals surface area contributed by atoms with E-state index < -0.39 is 5.97 Å². The van der Waals surface area contributed by atoms with Gasteiger partial charge in [0.2, 0.25) is 5.91 Å². The lowest BCUT2D eigenvalue weighted by molar-refractivity contribution is -0.121. The summed E-state index contributed by atoms with van der Waals surface area (Å²) in [6.45, 7) is 2.17. The van der Waals surface area contributed by atoms with Crippen molar-refractivity contribution in [2.45, 2.75) is 25.7 Å². The van der Waals surface area contributed by atoms with Gasteiger partial charge in [0.15, 0.2) is 5.69 Å². The molecule has 0 radical (unpaired) electrons. The standard InChI is InChI=1S/C16H17FN2O3S/c1-10(11-4-2-3-5-12(11)17)8-14(20)18-7-6-15-19-13(9-23-15)16(21)22/h2-5,9-10H,6-8H2,1H3,(H,18,20)(H,21,22). The second-order valence-corrected chi connectivity index (χ2v) is 6.10. The quantitative estimate of drug-likeness (QED) is 0.815. The average Bonchev–Trinajstić information content (AvgIpc) is 2.96. The molecule has 0 aliphatic carbocycles. The number of carbonyl (C=O) groups is 2. The van der Waals surface area contributed by atoms with Crippen LogP contribution in [0, 0.1) is 5.82 Å². The SMILES string of the molecule is CC(CC(=O)NCCc1nc(C(=O)O)cs1)c1ccccc1F. The molecule has 7 heteroatoms. The Balaban J connectivity index is 1.78. The molecule has 5 nitrogen and oxygen atoms in total. The molecule has 0 fully saturated rings. The third-order valence-electron chi connectivity index (χ3n) is 3.36. The first-order chi connectivity index (χ1) is 11.0. The predicted molar refractivity (Wildman–Crippen MR) is 85.2 cm³/mol. The number of carboxylic acid groups (broad SMARTS) is 1. The predicted octanol–water partition coefficient (Wildman–Crippen LogP) is 2.83. The van der Waals surface area contributed by atoms with Gasteiger partial charge in [0.1, 0.15) is 5.82 Å². The fourth-order valence-electron chi connectivity index (χ4n) is 2.17. The smallest absolute Gasteiger partial charge is 0.355 e. The summed E-state index contributed by atoms with van der Waals surface area (Å²) in [6.07, 6.45) is 0.664. The fourth-order valence-corrected chi connectivity index (χ4v) is 2.94. The minimum Gasteiger partial charge on any atom is -0.476 e. The molecule has 1 aromatic heterocycles. The molecule has 1 atom stereocenters. The number of hydrogen-bond acceptors (Lipinski definition) is 4. The number of halogens is 1.